The molecule has 1 amide bonds. The highest BCUT2D eigenvalue weighted by Gasteiger charge is 2.27. The maximum Gasteiger partial charge on any atom is 0.223 e. The van der Waals surface area contributed by atoms with Crippen molar-refractivity contribution in [3.05, 3.63) is 88.8 Å². The largest absolute Gasteiger partial charge is 0.402 e. The number of allylic oxidation sites excluding steroid dienone is 1. The van der Waals surface area contributed by atoms with E-state index in [1.54, 1.807) is 22.9 Å². The fourth-order valence-corrected chi connectivity index (χ4v) is 4.25. The number of thioether (sulfide) groups is 1. The van der Waals surface area contributed by atoms with Gasteiger partial charge >= 0.3 is 0 Å². The number of nitrogens with zero attached hydrogens (tertiary/aromatic N) is 3. The maximum absolute atomic E-state index is 13.5. The number of fused-ring (bicyclic) bond motifs is 1. The molecule has 1 aromatic heterocycles. The van der Waals surface area contributed by atoms with E-state index in [2.05, 4.69) is 16.5 Å². The molecule has 8 heteroatoms. The van der Waals surface area contributed by atoms with Gasteiger partial charge in [-0.1, -0.05) is 24.3 Å². The van der Waals surface area contributed by atoms with Gasteiger partial charge in [0.05, 0.1) is 6.54 Å². The number of nitrogens with one attached hydrogen (secondary N) is 1. The second kappa shape index (κ2) is 10.6. The van der Waals surface area contributed by atoms with Gasteiger partial charge in [0.25, 0.3) is 0 Å². The van der Waals surface area contributed by atoms with Crippen LogP contribution in [0.25, 0.3) is 11.3 Å². The minimum atomic E-state index is -0.294. The lowest BCUT2D eigenvalue weighted by Crippen LogP contribution is -2.38. The Morgan fingerprint density at radius 2 is 1.91 bits per heavy atom. The minimum Gasteiger partial charge on any atom is -0.402 e. The van der Waals surface area contributed by atoms with Crippen molar-refractivity contribution >= 4 is 29.2 Å². The number of benzene rings is 2. The number of carbonyl (C=O) groups excluding carboxylic acids is 1. The molecule has 4 rings (SSSR count). The molecule has 0 spiro atoms. The van der Waals surface area contributed by atoms with Crippen molar-refractivity contribution in [3.8, 4) is 11.3 Å². The molecule has 3 N–H and O–H groups in total. The van der Waals surface area contributed by atoms with Crippen molar-refractivity contribution < 1.29 is 9.18 Å². The fourth-order valence-electron chi connectivity index (χ4n) is 3.86. The molecule has 0 saturated carbocycles. The predicted octanol–water partition coefficient (Wildman–Crippen LogP) is 5.54. The summed E-state index contributed by atoms with van der Waals surface area (Å²) >= 11 is 1.41. The van der Waals surface area contributed by atoms with E-state index in [4.69, 9.17) is 10.7 Å². The Balaban J connectivity index is 1.58. The quantitative estimate of drug-likeness (QED) is 0.445. The summed E-state index contributed by atoms with van der Waals surface area (Å²) < 4.78 is 15.7. The van der Waals surface area contributed by atoms with E-state index in [-0.39, 0.29) is 11.7 Å². The Kier molecular flexibility index (Phi) is 7.37. The van der Waals surface area contributed by atoms with E-state index in [0.29, 0.717) is 38.2 Å². The molecule has 0 radical (unpaired) electrons. The second-order valence-corrected chi connectivity index (χ2v) is 9.03. The van der Waals surface area contributed by atoms with E-state index in [0.717, 1.165) is 28.6 Å². The van der Waals surface area contributed by atoms with E-state index in [9.17, 15) is 9.18 Å². The smallest absolute Gasteiger partial charge is 0.223 e. The van der Waals surface area contributed by atoms with Gasteiger partial charge in [-0.3, -0.25) is 4.79 Å². The van der Waals surface area contributed by atoms with Crippen LogP contribution >= 0.6 is 11.8 Å². The molecular weight excluding hydrogens is 449 g/mol. The van der Waals surface area contributed by atoms with Crippen molar-refractivity contribution in [3.63, 3.8) is 0 Å². The molecule has 3 aromatic rings. The summed E-state index contributed by atoms with van der Waals surface area (Å²) in [5.41, 5.74) is 10.3. The highest BCUT2D eigenvalue weighted by atomic mass is 32.2. The number of anilines is 2. The first kappa shape index (κ1) is 23.6. The highest BCUT2D eigenvalue weighted by molar-refractivity contribution is 8.04. The molecule has 0 saturated heterocycles. The van der Waals surface area contributed by atoms with Gasteiger partial charge in [-0.2, -0.15) is 0 Å². The number of hydrogen-bond donors (Lipinski definition) is 2. The molecule has 0 atom stereocenters. The van der Waals surface area contributed by atoms with Gasteiger partial charge < -0.3 is 20.5 Å². The molecule has 2 aromatic carbocycles. The number of imidazole rings is 1. The first-order valence-corrected chi connectivity index (χ1v) is 12.1. The lowest BCUT2D eigenvalue weighted by Gasteiger charge is -2.28. The van der Waals surface area contributed by atoms with Gasteiger partial charge in [-0.25, -0.2) is 9.37 Å². The van der Waals surface area contributed by atoms with Crippen molar-refractivity contribution in [1.29, 1.82) is 0 Å². The number of halogens is 1. The maximum atomic E-state index is 13.5. The summed E-state index contributed by atoms with van der Waals surface area (Å²) in [6, 6.07) is 14.4. The minimum absolute atomic E-state index is 0.0468. The zero-order valence-electron chi connectivity index (χ0n) is 19.1. The zero-order chi connectivity index (χ0) is 24.1. The van der Waals surface area contributed by atoms with Gasteiger partial charge in [-0.15, -0.1) is 11.8 Å². The predicted molar refractivity (Wildman–Crippen MR) is 137 cm³/mol. The van der Waals surface area contributed by atoms with E-state index < -0.39 is 0 Å². The summed E-state index contributed by atoms with van der Waals surface area (Å²) in [5, 5.41) is 6.99. The first-order valence-electron chi connectivity index (χ1n) is 11.1. The number of nitrogens with two attached hydrogens (primary N) is 1. The van der Waals surface area contributed by atoms with Crippen LogP contribution < -0.4 is 11.1 Å². The van der Waals surface area contributed by atoms with Crippen LogP contribution in [0, 0.1) is 12.7 Å². The van der Waals surface area contributed by atoms with Crippen LogP contribution in [0.5, 0.6) is 0 Å². The molecule has 6 nitrogen and oxygen atoms in total. The number of amides is 1. The zero-order valence-corrected chi connectivity index (χ0v) is 19.9. The van der Waals surface area contributed by atoms with Crippen molar-refractivity contribution in [1.82, 2.24) is 14.5 Å². The standard InChI is InChI=1S/C26H28FN5OS/c1-3-34-17-21(28)10-13-24(33)31-14-15-32-23(16-31)30-25(19-6-8-20(27)9-7-19)26(32)29-22-11-4-18(2)5-12-22/h3-9,11-12,17,29H,1,10,13-16,28H2,2H3/b21-17-. The third kappa shape index (κ3) is 5.51. The van der Waals surface area contributed by atoms with Crippen molar-refractivity contribution in [2.45, 2.75) is 32.9 Å². The molecule has 176 valence electrons. The molecule has 34 heavy (non-hydrogen) atoms. The lowest BCUT2D eigenvalue weighted by atomic mass is 10.1. The summed E-state index contributed by atoms with van der Waals surface area (Å²) in [5.74, 6) is 1.38. The number of rotatable bonds is 8. The van der Waals surface area contributed by atoms with E-state index in [1.807, 2.05) is 36.1 Å². The third-order valence-electron chi connectivity index (χ3n) is 5.70. The van der Waals surface area contributed by atoms with E-state index >= 15 is 0 Å². The van der Waals surface area contributed by atoms with Crippen LogP contribution in [0.3, 0.4) is 0 Å². The van der Waals surface area contributed by atoms with Gasteiger partial charge in [0.2, 0.25) is 5.91 Å². The molecule has 0 bridgehead atoms. The Bertz CT molecular complexity index is 1200. The molecule has 1 aliphatic rings. The first-order chi connectivity index (χ1) is 16.4. The molecule has 0 aliphatic carbocycles. The lowest BCUT2D eigenvalue weighted by molar-refractivity contribution is -0.132. The molecule has 0 unspecified atom stereocenters. The van der Waals surface area contributed by atoms with Crippen LogP contribution in [0.2, 0.25) is 0 Å². The van der Waals surface area contributed by atoms with Gasteiger partial charge in [-0.05, 0) is 60.6 Å². The second-order valence-electron chi connectivity index (χ2n) is 8.19. The van der Waals surface area contributed by atoms with Crippen LogP contribution in [0.1, 0.15) is 24.2 Å². The summed E-state index contributed by atoms with van der Waals surface area (Å²) in [6.07, 6.45) is 0.853. The van der Waals surface area contributed by atoms with Crippen LogP contribution in [0.4, 0.5) is 15.9 Å². The highest BCUT2D eigenvalue weighted by Crippen LogP contribution is 2.33. The Hall–Kier alpha value is -3.52. The Morgan fingerprint density at radius 3 is 2.62 bits per heavy atom. The molecule has 1 aliphatic heterocycles. The number of aryl methyl sites for hydroxylation is 1. The number of aromatic nitrogens is 2. The third-order valence-corrected chi connectivity index (χ3v) is 6.33. The van der Waals surface area contributed by atoms with E-state index in [1.165, 1.54) is 29.5 Å². The number of hydrogen-bond acceptors (Lipinski definition) is 5. The fraction of sp³-hybridized carbons (Fsp3) is 0.231. The SMILES string of the molecule is C=CS/C=C(\N)CCC(=O)N1CCn2c(nc(-c3ccc(F)cc3)c2Nc2ccc(C)cc2)C1. The Labute approximate surface area is 203 Å². The van der Waals surface area contributed by atoms with Crippen LogP contribution in [-0.2, 0) is 17.9 Å². The monoisotopic (exact) mass is 477 g/mol. The van der Waals surface area contributed by atoms with Gasteiger partial charge in [0, 0.05) is 36.5 Å². The van der Waals surface area contributed by atoms with Crippen molar-refractivity contribution in [2.75, 3.05) is 11.9 Å². The summed E-state index contributed by atoms with van der Waals surface area (Å²) in [7, 11) is 0. The van der Waals surface area contributed by atoms with Gasteiger partial charge in [0.15, 0.2) is 0 Å². The van der Waals surface area contributed by atoms with Crippen LogP contribution in [0.15, 0.2) is 71.6 Å². The summed E-state index contributed by atoms with van der Waals surface area (Å²) in [6.45, 7) is 7.29. The average molecular weight is 478 g/mol. The molecule has 2 heterocycles. The van der Waals surface area contributed by atoms with Gasteiger partial charge in [0.1, 0.15) is 23.2 Å². The molecule has 0 fully saturated rings. The molecular formula is C26H28FN5OS. The average Bonchev–Trinajstić information content (AvgIpc) is 3.20. The Morgan fingerprint density at radius 1 is 1.18 bits per heavy atom. The number of carbonyl (C=O) groups is 1. The van der Waals surface area contributed by atoms with Crippen molar-refractivity contribution in [2.24, 2.45) is 5.73 Å². The van der Waals surface area contributed by atoms with Crippen LogP contribution in [-0.4, -0.2) is 26.9 Å². The normalized spacial score (nSPS) is 13.5. The topological polar surface area (TPSA) is 76.2 Å². The summed E-state index contributed by atoms with van der Waals surface area (Å²) in [4.78, 5) is 19.5.